The highest BCUT2D eigenvalue weighted by molar-refractivity contribution is 7.88. The van der Waals surface area contributed by atoms with E-state index in [9.17, 15) is 8.42 Å². The average molecular weight is 424 g/mol. The van der Waals surface area contributed by atoms with Gasteiger partial charge in [-0.15, -0.1) is 0 Å². The van der Waals surface area contributed by atoms with E-state index in [0.717, 1.165) is 42.0 Å². The maximum absolute atomic E-state index is 11.7. The molecule has 0 fully saturated rings. The van der Waals surface area contributed by atoms with E-state index in [0.29, 0.717) is 19.7 Å². The summed E-state index contributed by atoms with van der Waals surface area (Å²) in [5.74, 6) is 1.58. The molecule has 4 rings (SSSR count). The Bertz CT molecular complexity index is 1100. The fraction of sp³-hybridized carbons (Fsp3) is 0.304. The molecule has 0 saturated carbocycles. The SMILES string of the molecule is CS(=O)(=O)N1CCc2cc(OCCCc3ccc(-c4ncccn4)cc3)ccc2C1. The van der Waals surface area contributed by atoms with Crippen LogP contribution in [0.3, 0.4) is 0 Å². The zero-order chi connectivity index (χ0) is 21.0. The Labute approximate surface area is 177 Å². The Morgan fingerprint density at radius 2 is 1.80 bits per heavy atom. The van der Waals surface area contributed by atoms with Crippen LogP contribution >= 0.6 is 0 Å². The monoisotopic (exact) mass is 423 g/mol. The number of benzene rings is 2. The number of rotatable bonds is 7. The van der Waals surface area contributed by atoms with Gasteiger partial charge in [0.15, 0.2) is 5.82 Å². The highest BCUT2D eigenvalue weighted by Crippen LogP contribution is 2.25. The molecule has 0 aliphatic carbocycles. The lowest BCUT2D eigenvalue weighted by atomic mass is 10.0. The van der Waals surface area contributed by atoms with Crippen molar-refractivity contribution in [3.8, 4) is 17.1 Å². The summed E-state index contributed by atoms with van der Waals surface area (Å²) < 4.78 is 30.9. The third kappa shape index (κ3) is 5.04. The van der Waals surface area contributed by atoms with Gasteiger partial charge in [-0.2, -0.15) is 4.31 Å². The molecular formula is C23H25N3O3S. The predicted molar refractivity (Wildman–Crippen MR) is 117 cm³/mol. The Kier molecular flexibility index (Phi) is 6.11. The average Bonchev–Trinajstić information content (AvgIpc) is 2.77. The first-order valence-electron chi connectivity index (χ1n) is 10.0. The maximum atomic E-state index is 11.7. The fourth-order valence-corrected chi connectivity index (χ4v) is 4.41. The van der Waals surface area contributed by atoms with Crippen molar-refractivity contribution in [2.24, 2.45) is 0 Å². The Hall–Kier alpha value is -2.77. The summed E-state index contributed by atoms with van der Waals surface area (Å²) in [7, 11) is -3.15. The molecule has 2 aromatic carbocycles. The first-order chi connectivity index (χ1) is 14.5. The van der Waals surface area contributed by atoms with E-state index in [1.54, 1.807) is 12.4 Å². The van der Waals surface area contributed by atoms with Crippen LogP contribution in [-0.2, 0) is 29.4 Å². The van der Waals surface area contributed by atoms with Crippen LogP contribution in [0, 0.1) is 0 Å². The quantitative estimate of drug-likeness (QED) is 0.544. The molecule has 1 aromatic heterocycles. The van der Waals surface area contributed by atoms with Crippen molar-refractivity contribution < 1.29 is 13.2 Å². The number of fused-ring (bicyclic) bond motifs is 1. The van der Waals surface area contributed by atoms with Crippen LogP contribution in [-0.4, -0.2) is 42.1 Å². The number of hydrogen-bond donors (Lipinski definition) is 0. The van der Waals surface area contributed by atoms with Crippen LogP contribution in [0.25, 0.3) is 11.4 Å². The van der Waals surface area contributed by atoms with Gasteiger partial charge in [-0.1, -0.05) is 30.3 Å². The molecule has 6 nitrogen and oxygen atoms in total. The molecule has 0 atom stereocenters. The highest BCUT2D eigenvalue weighted by atomic mass is 32.2. The van der Waals surface area contributed by atoms with E-state index in [1.165, 1.54) is 21.7 Å². The third-order valence-corrected chi connectivity index (χ3v) is 6.53. The first-order valence-corrected chi connectivity index (χ1v) is 11.9. The van der Waals surface area contributed by atoms with Gasteiger partial charge in [0, 0.05) is 31.0 Å². The van der Waals surface area contributed by atoms with Crippen molar-refractivity contribution in [3.63, 3.8) is 0 Å². The zero-order valence-electron chi connectivity index (χ0n) is 17.0. The van der Waals surface area contributed by atoms with Crippen molar-refractivity contribution in [2.45, 2.75) is 25.8 Å². The molecule has 0 bridgehead atoms. The molecule has 0 N–H and O–H groups in total. The lowest BCUT2D eigenvalue weighted by Crippen LogP contribution is -2.35. The Morgan fingerprint density at radius 1 is 1.03 bits per heavy atom. The minimum atomic E-state index is -3.15. The molecule has 7 heteroatoms. The second-order valence-corrected chi connectivity index (χ2v) is 9.48. The third-order valence-electron chi connectivity index (χ3n) is 5.28. The lowest BCUT2D eigenvalue weighted by Gasteiger charge is -2.27. The van der Waals surface area contributed by atoms with E-state index in [1.807, 2.05) is 24.3 Å². The molecule has 0 saturated heterocycles. The highest BCUT2D eigenvalue weighted by Gasteiger charge is 2.23. The van der Waals surface area contributed by atoms with Crippen LogP contribution in [0.1, 0.15) is 23.1 Å². The molecule has 0 unspecified atom stereocenters. The molecule has 0 spiro atoms. The Morgan fingerprint density at radius 3 is 2.53 bits per heavy atom. The minimum Gasteiger partial charge on any atom is -0.494 e. The van der Waals surface area contributed by atoms with E-state index >= 15 is 0 Å². The van der Waals surface area contributed by atoms with Crippen molar-refractivity contribution in [1.29, 1.82) is 0 Å². The molecular weight excluding hydrogens is 398 g/mol. The van der Waals surface area contributed by atoms with Gasteiger partial charge in [-0.3, -0.25) is 0 Å². The van der Waals surface area contributed by atoms with Gasteiger partial charge >= 0.3 is 0 Å². The molecule has 0 amide bonds. The van der Waals surface area contributed by atoms with Gasteiger partial charge in [0.2, 0.25) is 10.0 Å². The fourth-order valence-electron chi connectivity index (χ4n) is 3.61. The maximum Gasteiger partial charge on any atom is 0.211 e. The summed E-state index contributed by atoms with van der Waals surface area (Å²) in [6, 6.07) is 16.1. The predicted octanol–water partition coefficient (Wildman–Crippen LogP) is 3.47. The molecule has 156 valence electrons. The summed E-state index contributed by atoms with van der Waals surface area (Å²) in [6.45, 7) is 1.61. The van der Waals surface area contributed by atoms with Crippen LogP contribution in [0.2, 0.25) is 0 Å². The number of ether oxygens (including phenoxy) is 1. The first kappa shape index (κ1) is 20.5. The summed E-state index contributed by atoms with van der Waals surface area (Å²) in [5, 5.41) is 0. The molecule has 1 aliphatic heterocycles. The zero-order valence-corrected chi connectivity index (χ0v) is 17.8. The van der Waals surface area contributed by atoms with Crippen LogP contribution in [0.15, 0.2) is 60.9 Å². The van der Waals surface area contributed by atoms with Gasteiger partial charge < -0.3 is 4.74 Å². The van der Waals surface area contributed by atoms with Crippen molar-refractivity contribution >= 4 is 10.0 Å². The second-order valence-electron chi connectivity index (χ2n) is 7.50. The van der Waals surface area contributed by atoms with Crippen LogP contribution in [0.4, 0.5) is 0 Å². The van der Waals surface area contributed by atoms with E-state index in [2.05, 4.69) is 34.2 Å². The largest absolute Gasteiger partial charge is 0.494 e. The van der Waals surface area contributed by atoms with Gasteiger partial charge in [-0.25, -0.2) is 18.4 Å². The van der Waals surface area contributed by atoms with Crippen LogP contribution < -0.4 is 4.74 Å². The molecule has 1 aliphatic rings. The number of nitrogens with zero attached hydrogens (tertiary/aromatic N) is 3. The van der Waals surface area contributed by atoms with Crippen LogP contribution in [0.5, 0.6) is 5.75 Å². The summed E-state index contributed by atoms with van der Waals surface area (Å²) in [5.41, 5.74) is 4.50. The number of hydrogen-bond acceptors (Lipinski definition) is 5. The van der Waals surface area contributed by atoms with Gasteiger partial charge in [0.1, 0.15) is 5.75 Å². The lowest BCUT2D eigenvalue weighted by molar-refractivity contribution is 0.309. The molecule has 0 radical (unpaired) electrons. The van der Waals surface area contributed by atoms with E-state index < -0.39 is 10.0 Å². The molecule has 3 aromatic rings. The van der Waals surface area contributed by atoms with Gasteiger partial charge in [-0.05, 0) is 54.2 Å². The standard InChI is InChI=1S/C23H25N3O3S/c1-30(27,28)26-14-11-20-16-22(10-9-21(20)17-26)29-15-2-4-18-5-7-19(8-6-18)23-24-12-3-13-25-23/h3,5-10,12-13,16H,2,4,11,14-15,17H2,1H3. The van der Waals surface area contributed by atoms with Crippen molar-refractivity contribution in [2.75, 3.05) is 19.4 Å². The van der Waals surface area contributed by atoms with E-state index in [-0.39, 0.29) is 0 Å². The summed E-state index contributed by atoms with van der Waals surface area (Å²) in [6.07, 6.45) is 7.33. The van der Waals surface area contributed by atoms with Gasteiger partial charge in [0.25, 0.3) is 0 Å². The number of sulfonamides is 1. The minimum absolute atomic E-state index is 0.443. The number of aromatic nitrogens is 2. The number of aryl methyl sites for hydroxylation is 1. The summed E-state index contributed by atoms with van der Waals surface area (Å²) >= 11 is 0. The summed E-state index contributed by atoms with van der Waals surface area (Å²) in [4.78, 5) is 8.54. The molecule has 30 heavy (non-hydrogen) atoms. The normalized spacial score (nSPS) is 14.3. The second kappa shape index (κ2) is 8.93. The van der Waals surface area contributed by atoms with Gasteiger partial charge in [0.05, 0.1) is 12.9 Å². The topological polar surface area (TPSA) is 72.4 Å². The Balaban J connectivity index is 1.27. The van der Waals surface area contributed by atoms with E-state index in [4.69, 9.17) is 4.74 Å². The smallest absolute Gasteiger partial charge is 0.211 e. The molecule has 2 heterocycles. The van der Waals surface area contributed by atoms with Crippen molar-refractivity contribution in [1.82, 2.24) is 14.3 Å². The van der Waals surface area contributed by atoms with Crippen molar-refractivity contribution in [3.05, 3.63) is 77.6 Å².